The Bertz CT molecular complexity index is 770. The highest BCUT2D eigenvalue weighted by Gasteiger charge is 2.42. The van der Waals surface area contributed by atoms with Crippen molar-refractivity contribution >= 4 is 17.4 Å². The average molecular weight is 401 g/mol. The number of imide groups is 1. The minimum Gasteiger partial charge on any atom is -0.494 e. The molecule has 1 saturated heterocycles. The zero-order chi connectivity index (χ0) is 21.0. The number of aliphatic hydroxyl groups excluding tert-OH is 1. The standard InChI is InChI=1S/C23H32N2O4/c1-4-12-29-19-9-7-18(8-10-19)20-21(24-11-5-6-17(14-24)15-26)23(28)25(22(20)27)13-16(2)3/h7-10,16-17,26H,4-6,11-15H2,1-3H3. The van der Waals surface area contributed by atoms with Gasteiger partial charge in [0.05, 0.1) is 12.2 Å². The molecular weight excluding hydrogens is 368 g/mol. The molecule has 1 atom stereocenters. The fraction of sp³-hybridized carbons (Fsp3) is 0.565. The highest BCUT2D eigenvalue weighted by molar-refractivity contribution is 6.35. The number of amides is 2. The van der Waals surface area contributed by atoms with Crippen molar-refractivity contribution in [1.82, 2.24) is 9.80 Å². The molecule has 0 saturated carbocycles. The molecule has 2 amide bonds. The van der Waals surface area contributed by atoms with Crippen LogP contribution in [0.3, 0.4) is 0 Å². The van der Waals surface area contributed by atoms with Crippen molar-refractivity contribution in [2.75, 3.05) is 32.8 Å². The van der Waals surface area contributed by atoms with Crippen molar-refractivity contribution in [2.24, 2.45) is 11.8 Å². The molecule has 6 heteroatoms. The third-order valence-corrected chi connectivity index (χ3v) is 5.40. The number of likely N-dealkylation sites (tertiary alicyclic amines) is 1. The van der Waals surface area contributed by atoms with Crippen LogP contribution in [0.15, 0.2) is 30.0 Å². The number of aliphatic hydroxyl groups is 1. The van der Waals surface area contributed by atoms with Crippen LogP contribution in [0, 0.1) is 11.8 Å². The molecule has 0 radical (unpaired) electrons. The number of ether oxygens (including phenoxy) is 1. The Morgan fingerprint density at radius 3 is 2.52 bits per heavy atom. The molecule has 29 heavy (non-hydrogen) atoms. The van der Waals surface area contributed by atoms with Gasteiger partial charge in [-0.1, -0.05) is 32.9 Å². The number of piperidine rings is 1. The highest BCUT2D eigenvalue weighted by Crippen LogP contribution is 2.35. The lowest BCUT2D eigenvalue weighted by Gasteiger charge is -2.34. The largest absolute Gasteiger partial charge is 0.494 e. The van der Waals surface area contributed by atoms with Crippen LogP contribution in [0.5, 0.6) is 5.75 Å². The SMILES string of the molecule is CCCOc1ccc(C2=C(N3CCCC(CO)C3)C(=O)N(CC(C)C)C2=O)cc1. The van der Waals surface area contributed by atoms with Gasteiger partial charge in [-0.2, -0.15) is 0 Å². The highest BCUT2D eigenvalue weighted by atomic mass is 16.5. The molecule has 1 unspecified atom stereocenters. The summed E-state index contributed by atoms with van der Waals surface area (Å²) >= 11 is 0. The first kappa shape index (κ1) is 21.4. The van der Waals surface area contributed by atoms with Gasteiger partial charge in [-0.05, 0) is 48.8 Å². The topological polar surface area (TPSA) is 70.1 Å². The lowest BCUT2D eigenvalue weighted by molar-refractivity contribution is -0.138. The van der Waals surface area contributed by atoms with Gasteiger partial charge in [0.25, 0.3) is 11.8 Å². The Morgan fingerprint density at radius 2 is 1.90 bits per heavy atom. The Morgan fingerprint density at radius 1 is 1.17 bits per heavy atom. The van der Waals surface area contributed by atoms with Gasteiger partial charge in [0.2, 0.25) is 0 Å². The zero-order valence-corrected chi connectivity index (χ0v) is 17.7. The first-order valence-electron chi connectivity index (χ1n) is 10.7. The maximum atomic E-state index is 13.3. The van der Waals surface area contributed by atoms with Gasteiger partial charge in [0.15, 0.2) is 0 Å². The second-order valence-corrected chi connectivity index (χ2v) is 8.35. The molecule has 2 heterocycles. The molecule has 1 aromatic rings. The van der Waals surface area contributed by atoms with Crippen LogP contribution in [-0.4, -0.2) is 59.6 Å². The summed E-state index contributed by atoms with van der Waals surface area (Å²) < 4.78 is 5.65. The van der Waals surface area contributed by atoms with E-state index in [0.29, 0.717) is 31.0 Å². The van der Waals surface area contributed by atoms with Crippen molar-refractivity contribution in [3.63, 3.8) is 0 Å². The molecule has 1 aromatic carbocycles. The molecule has 2 aliphatic rings. The van der Waals surface area contributed by atoms with Crippen LogP contribution < -0.4 is 4.74 Å². The molecule has 2 aliphatic heterocycles. The molecular formula is C23H32N2O4. The van der Waals surface area contributed by atoms with Gasteiger partial charge in [0, 0.05) is 26.2 Å². The summed E-state index contributed by atoms with van der Waals surface area (Å²) in [4.78, 5) is 29.9. The van der Waals surface area contributed by atoms with Crippen molar-refractivity contribution in [3.8, 4) is 5.75 Å². The summed E-state index contributed by atoms with van der Waals surface area (Å²) in [7, 11) is 0. The number of carbonyl (C=O) groups excluding carboxylic acids is 2. The zero-order valence-electron chi connectivity index (χ0n) is 17.7. The molecule has 158 valence electrons. The predicted molar refractivity (Wildman–Crippen MR) is 112 cm³/mol. The lowest BCUT2D eigenvalue weighted by atomic mass is 9.97. The number of benzene rings is 1. The van der Waals surface area contributed by atoms with Crippen molar-refractivity contribution < 1.29 is 19.4 Å². The summed E-state index contributed by atoms with van der Waals surface area (Å²) in [6.07, 6.45) is 2.77. The van der Waals surface area contributed by atoms with E-state index in [-0.39, 0.29) is 30.3 Å². The monoisotopic (exact) mass is 400 g/mol. The number of hydrogen-bond donors (Lipinski definition) is 1. The Hall–Kier alpha value is -2.34. The Labute approximate surface area is 173 Å². The number of hydrogen-bond acceptors (Lipinski definition) is 5. The van der Waals surface area contributed by atoms with Crippen LogP contribution in [0.2, 0.25) is 0 Å². The molecule has 0 bridgehead atoms. The number of carbonyl (C=O) groups is 2. The molecule has 0 aliphatic carbocycles. The third-order valence-electron chi connectivity index (χ3n) is 5.40. The van der Waals surface area contributed by atoms with E-state index in [0.717, 1.165) is 37.1 Å². The fourth-order valence-electron chi connectivity index (χ4n) is 4.00. The average Bonchev–Trinajstić information content (AvgIpc) is 2.97. The molecule has 3 rings (SSSR count). The lowest BCUT2D eigenvalue weighted by Crippen LogP contribution is -2.41. The normalized spacial score (nSPS) is 20.2. The van der Waals surface area contributed by atoms with E-state index in [2.05, 4.69) is 6.92 Å². The van der Waals surface area contributed by atoms with Crippen molar-refractivity contribution in [2.45, 2.75) is 40.0 Å². The molecule has 0 aromatic heterocycles. The minimum absolute atomic E-state index is 0.0976. The van der Waals surface area contributed by atoms with E-state index in [1.54, 1.807) is 0 Å². The maximum absolute atomic E-state index is 13.3. The van der Waals surface area contributed by atoms with Gasteiger partial charge in [0.1, 0.15) is 11.4 Å². The van der Waals surface area contributed by atoms with Crippen LogP contribution in [0.1, 0.15) is 45.6 Å². The molecule has 1 fully saturated rings. The predicted octanol–water partition coefficient (Wildman–Crippen LogP) is 2.92. The van der Waals surface area contributed by atoms with Gasteiger partial charge in [-0.25, -0.2) is 0 Å². The van der Waals surface area contributed by atoms with Gasteiger partial charge in [-0.15, -0.1) is 0 Å². The molecule has 1 N–H and O–H groups in total. The van der Waals surface area contributed by atoms with Gasteiger partial charge >= 0.3 is 0 Å². The van der Waals surface area contributed by atoms with E-state index in [1.807, 2.05) is 43.0 Å². The number of rotatable bonds is 8. The van der Waals surface area contributed by atoms with E-state index < -0.39 is 0 Å². The fourth-order valence-corrected chi connectivity index (χ4v) is 4.00. The first-order chi connectivity index (χ1) is 14.0. The summed E-state index contributed by atoms with van der Waals surface area (Å²) in [6, 6.07) is 7.42. The smallest absolute Gasteiger partial charge is 0.277 e. The van der Waals surface area contributed by atoms with Crippen LogP contribution >= 0.6 is 0 Å². The van der Waals surface area contributed by atoms with E-state index in [4.69, 9.17) is 4.74 Å². The maximum Gasteiger partial charge on any atom is 0.277 e. The quantitative estimate of drug-likeness (QED) is 0.680. The summed E-state index contributed by atoms with van der Waals surface area (Å²) in [5.41, 5.74) is 1.69. The van der Waals surface area contributed by atoms with Crippen LogP contribution in [-0.2, 0) is 9.59 Å². The third kappa shape index (κ3) is 4.64. The Balaban J connectivity index is 1.97. The molecule has 0 spiro atoms. The summed E-state index contributed by atoms with van der Waals surface area (Å²) in [5.74, 6) is 0.631. The molecule has 6 nitrogen and oxygen atoms in total. The van der Waals surface area contributed by atoms with Crippen LogP contribution in [0.25, 0.3) is 5.57 Å². The number of nitrogens with zero attached hydrogens (tertiary/aromatic N) is 2. The van der Waals surface area contributed by atoms with Crippen molar-refractivity contribution in [1.29, 1.82) is 0 Å². The summed E-state index contributed by atoms with van der Waals surface area (Å²) in [6.45, 7) is 8.52. The first-order valence-corrected chi connectivity index (χ1v) is 10.7. The second-order valence-electron chi connectivity index (χ2n) is 8.35. The van der Waals surface area contributed by atoms with E-state index in [1.165, 1.54) is 4.90 Å². The van der Waals surface area contributed by atoms with Crippen LogP contribution in [0.4, 0.5) is 0 Å². The Kier molecular flexibility index (Phi) is 6.96. The second kappa shape index (κ2) is 9.44. The van der Waals surface area contributed by atoms with Gasteiger partial charge < -0.3 is 14.7 Å². The van der Waals surface area contributed by atoms with Gasteiger partial charge in [-0.3, -0.25) is 14.5 Å². The minimum atomic E-state index is -0.230. The van der Waals surface area contributed by atoms with E-state index in [9.17, 15) is 14.7 Å². The summed E-state index contributed by atoms with van der Waals surface area (Å²) in [5, 5.41) is 9.61. The van der Waals surface area contributed by atoms with E-state index >= 15 is 0 Å². The van der Waals surface area contributed by atoms with Crippen molar-refractivity contribution in [3.05, 3.63) is 35.5 Å².